The van der Waals surface area contributed by atoms with Gasteiger partial charge in [0.25, 0.3) is 0 Å². The van der Waals surface area contributed by atoms with Crippen molar-refractivity contribution in [2.45, 2.75) is 30.9 Å². The molecule has 1 aromatic carbocycles. The predicted octanol–water partition coefficient (Wildman–Crippen LogP) is 3.68. The van der Waals surface area contributed by atoms with E-state index in [1.54, 1.807) is 11.8 Å². The fourth-order valence-corrected chi connectivity index (χ4v) is 2.46. The van der Waals surface area contributed by atoms with Crippen molar-refractivity contribution < 1.29 is 0 Å². The smallest absolute Gasteiger partial charge is 0.141 e. The minimum absolute atomic E-state index is 0.797. The van der Waals surface area contributed by atoms with E-state index >= 15 is 0 Å². The summed E-state index contributed by atoms with van der Waals surface area (Å²) in [5.74, 6) is 2.58. The van der Waals surface area contributed by atoms with E-state index in [0.717, 1.165) is 29.5 Å². The lowest BCUT2D eigenvalue weighted by Crippen LogP contribution is -2.02. The van der Waals surface area contributed by atoms with E-state index in [-0.39, 0.29) is 0 Å². The molecule has 3 nitrogen and oxygen atoms in total. The first-order valence-electron chi connectivity index (χ1n) is 6.45. The van der Waals surface area contributed by atoms with Crippen molar-refractivity contribution in [3.8, 4) is 0 Å². The molecule has 0 saturated heterocycles. The van der Waals surface area contributed by atoms with Crippen LogP contribution in [0.25, 0.3) is 0 Å². The summed E-state index contributed by atoms with van der Waals surface area (Å²) in [4.78, 5) is 10.3. The number of thioether (sulfide) groups is 1. The molecular weight excluding hydrogens is 254 g/mol. The standard InChI is InChI=1S/C15H19N3S/c1-4-12-9-14(16-3)18-15(17-12)10-19-13-7-5-11(2)6-8-13/h5-9H,4,10H2,1-3H3,(H,16,17,18). The van der Waals surface area contributed by atoms with Crippen LogP contribution in [0.5, 0.6) is 0 Å². The second-order valence-electron chi connectivity index (χ2n) is 4.37. The first-order chi connectivity index (χ1) is 9.21. The Labute approximate surface area is 118 Å². The van der Waals surface area contributed by atoms with Gasteiger partial charge in [0.1, 0.15) is 11.6 Å². The molecule has 0 aliphatic heterocycles. The maximum Gasteiger partial charge on any atom is 0.141 e. The summed E-state index contributed by atoms with van der Waals surface area (Å²) >= 11 is 1.77. The minimum Gasteiger partial charge on any atom is -0.373 e. The van der Waals surface area contributed by atoms with Crippen LogP contribution < -0.4 is 5.32 Å². The summed E-state index contributed by atoms with van der Waals surface area (Å²) in [7, 11) is 1.89. The number of benzene rings is 1. The number of anilines is 1. The first-order valence-corrected chi connectivity index (χ1v) is 7.44. The summed E-state index contributed by atoms with van der Waals surface area (Å²) in [6, 6.07) is 10.5. The van der Waals surface area contributed by atoms with Gasteiger partial charge in [-0.2, -0.15) is 0 Å². The Hall–Kier alpha value is -1.55. The molecule has 0 bridgehead atoms. The lowest BCUT2D eigenvalue weighted by Gasteiger charge is -2.06. The van der Waals surface area contributed by atoms with Crippen LogP contribution in [0, 0.1) is 6.92 Å². The quantitative estimate of drug-likeness (QED) is 0.843. The van der Waals surface area contributed by atoms with Crippen LogP contribution in [0.2, 0.25) is 0 Å². The van der Waals surface area contributed by atoms with Gasteiger partial charge in [-0.25, -0.2) is 9.97 Å². The van der Waals surface area contributed by atoms with Crippen molar-refractivity contribution >= 4 is 17.6 Å². The van der Waals surface area contributed by atoms with Crippen molar-refractivity contribution in [2.75, 3.05) is 12.4 Å². The topological polar surface area (TPSA) is 37.8 Å². The highest BCUT2D eigenvalue weighted by Crippen LogP contribution is 2.22. The van der Waals surface area contributed by atoms with Crippen LogP contribution in [-0.4, -0.2) is 17.0 Å². The first kappa shape index (κ1) is 13.9. The van der Waals surface area contributed by atoms with Gasteiger partial charge in [0, 0.05) is 23.7 Å². The fraction of sp³-hybridized carbons (Fsp3) is 0.333. The van der Waals surface area contributed by atoms with Crippen molar-refractivity contribution in [1.82, 2.24) is 9.97 Å². The van der Waals surface area contributed by atoms with Gasteiger partial charge in [-0.05, 0) is 25.5 Å². The van der Waals surface area contributed by atoms with Gasteiger partial charge in [0.15, 0.2) is 0 Å². The molecule has 0 spiro atoms. The van der Waals surface area contributed by atoms with E-state index in [9.17, 15) is 0 Å². The number of hydrogen-bond donors (Lipinski definition) is 1. The molecule has 0 aliphatic rings. The Morgan fingerprint density at radius 2 is 1.89 bits per heavy atom. The van der Waals surface area contributed by atoms with Gasteiger partial charge >= 0.3 is 0 Å². The number of rotatable bonds is 5. The third-order valence-corrected chi connectivity index (χ3v) is 3.84. The Morgan fingerprint density at radius 1 is 1.16 bits per heavy atom. The Morgan fingerprint density at radius 3 is 2.53 bits per heavy atom. The summed E-state index contributed by atoms with van der Waals surface area (Å²) in [6.45, 7) is 4.21. The van der Waals surface area contributed by atoms with Crippen LogP contribution >= 0.6 is 11.8 Å². The molecule has 4 heteroatoms. The summed E-state index contributed by atoms with van der Waals surface area (Å²) in [5.41, 5.74) is 2.37. The zero-order valence-electron chi connectivity index (χ0n) is 11.6. The van der Waals surface area contributed by atoms with Gasteiger partial charge in [0.05, 0.1) is 5.75 Å². The molecule has 0 aliphatic carbocycles. The van der Waals surface area contributed by atoms with E-state index in [1.165, 1.54) is 10.5 Å². The zero-order chi connectivity index (χ0) is 13.7. The van der Waals surface area contributed by atoms with Crippen LogP contribution in [0.3, 0.4) is 0 Å². The number of aryl methyl sites for hydroxylation is 2. The monoisotopic (exact) mass is 273 g/mol. The molecule has 0 atom stereocenters. The number of hydrogen-bond acceptors (Lipinski definition) is 4. The third kappa shape index (κ3) is 3.96. The number of nitrogens with one attached hydrogen (secondary N) is 1. The molecule has 0 unspecified atom stereocenters. The van der Waals surface area contributed by atoms with Crippen LogP contribution in [0.4, 0.5) is 5.82 Å². The minimum atomic E-state index is 0.797. The van der Waals surface area contributed by atoms with Gasteiger partial charge in [-0.3, -0.25) is 0 Å². The lowest BCUT2D eigenvalue weighted by atomic mass is 10.2. The molecule has 0 amide bonds. The van der Waals surface area contributed by atoms with Crippen molar-refractivity contribution in [3.63, 3.8) is 0 Å². The zero-order valence-corrected chi connectivity index (χ0v) is 12.4. The molecular formula is C15H19N3S. The molecule has 2 aromatic rings. The normalized spacial score (nSPS) is 10.5. The molecule has 0 radical (unpaired) electrons. The SMILES string of the molecule is CCc1cc(NC)nc(CSc2ccc(C)cc2)n1. The average molecular weight is 273 g/mol. The average Bonchev–Trinajstić information content (AvgIpc) is 2.46. The molecule has 1 N–H and O–H groups in total. The van der Waals surface area contributed by atoms with Crippen LogP contribution in [0.15, 0.2) is 35.2 Å². The highest BCUT2D eigenvalue weighted by atomic mass is 32.2. The lowest BCUT2D eigenvalue weighted by molar-refractivity contribution is 0.941. The van der Waals surface area contributed by atoms with Crippen LogP contribution in [-0.2, 0) is 12.2 Å². The second-order valence-corrected chi connectivity index (χ2v) is 5.41. The van der Waals surface area contributed by atoms with Crippen molar-refractivity contribution in [3.05, 3.63) is 47.4 Å². The summed E-state index contributed by atoms with van der Waals surface area (Å²) in [5, 5.41) is 3.09. The van der Waals surface area contributed by atoms with E-state index in [0.29, 0.717) is 0 Å². The Balaban J connectivity index is 2.08. The van der Waals surface area contributed by atoms with E-state index in [1.807, 2.05) is 13.1 Å². The van der Waals surface area contributed by atoms with Gasteiger partial charge in [-0.1, -0.05) is 24.6 Å². The third-order valence-electron chi connectivity index (χ3n) is 2.83. The second kappa shape index (κ2) is 6.57. The summed E-state index contributed by atoms with van der Waals surface area (Å²) < 4.78 is 0. The predicted molar refractivity (Wildman–Crippen MR) is 81.7 cm³/mol. The van der Waals surface area contributed by atoms with Gasteiger partial charge < -0.3 is 5.32 Å². The van der Waals surface area contributed by atoms with Crippen molar-refractivity contribution in [1.29, 1.82) is 0 Å². The van der Waals surface area contributed by atoms with E-state index < -0.39 is 0 Å². The summed E-state index contributed by atoms with van der Waals surface area (Å²) in [6.07, 6.45) is 0.930. The molecule has 1 aromatic heterocycles. The number of nitrogens with zero attached hydrogens (tertiary/aromatic N) is 2. The van der Waals surface area contributed by atoms with E-state index in [2.05, 4.69) is 53.4 Å². The maximum atomic E-state index is 4.56. The molecule has 19 heavy (non-hydrogen) atoms. The Bertz CT molecular complexity index is 515. The van der Waals surface area contributed by atoms with Gasteiger partial charge in [-0.15, -0.1) is 11.8 Å². The largest absolute Gasteiger partial charge is 0.373 e. The highest BCUT2D eigenvalue weighted by molar-refractivity contribution is 7.98. The Kier molecular flexibility index (Phi) is 4.80. The highest BCUT2D eigenvalue weighted by Gasteiger charge is 2.04. The molecule has 0 fully saturated rings. The van der Waals surface area contributed by atoms with Crippen LogP contribution in [0.1, 0.15) is 24.0 Å². The van der Waals surface area contributed by atoms with Crippen molar-refractivity contribution in [2.24, 2.45) is 0 Å². The fourth-order valence-electron chi connectivity index (χ4n) is 1.71. The maximum absolute atomic E-state index is 4.56. The molecule has 1 heterocycles. The van der Waals surface area contributed by atoms with E-state index in [4.69, 9.17) is 0 Å². The molecule has 0 saturated carbocycles. The number of aromatic nitrogens is 2. The molecule has 2 rings (SSSR count). The molecule has 100 valence electrons. The van der Waals surface area contributed by atoms with Gasteiger partial charge in [0.2, 0.25) is 0 Å².